The third-order valence-corrected chi connectivity index (χ3v) is 6.29. The van der Waals surface area contributed by atoms with Crippen molar-refractivity contribution in [2.45, 2.75) is 19.3 Å². The SMILES string of the molecule is Cc1ccn(-c2ccc(C(=O)N3CCC(F)(F)/C(=C\C(=O)N(C)CC(N)=O)c4ccccc43)c(Cl)c2)n1. The zero-order valence-electron chi connectivity index (χ0n) is 20.1. The van der Waals surface area contributed by atoms with Gasteiger partial charge in [-0.2, -0.15) is 5.10 Å². The first-order valence-electron chi connectivity index (χ1n) is 11.3. The predicted molar refractivity (Wildman–Crippen MR) is 136 cm³/mol. The third-order valence-electron chi connectivity index (χ3n) is 5.98. The summed E-state index contributed by atoms with van der Waals surface area (Å²) < 4.78 is 32.3. The summed E-state index contributed by atoms with van der Waals surface area (Å²) in [5.74, 6) is -5.57. The summed E-state index contributed by atoms with van der Waals surface area (Å²) in [7, 11) is 1.29. The van der Waals surface area contributed by atoms with E-state index in [4.69, 9.17) is 17.3 Å². The molecule has 0 aliphatic carbocycles. The number of rotatable bonds is 5. The Hall–Kier alpha value is -4.05. The van der Waals surface area contributed by atoms with Gasteiger partial charge in [-0.15, -0.1) is 0 Å². The Morgan fingerprint density at radius 2 is 1.92 bits per heavy atom. The van der Waals surface area contributed by atoms with Crippen molar-refractivity contribution in [3.8, 4) is 5.69 Å². The van der Waals surface area contributed by atoms with Gasteiger partial charge in [0.2, 0.25) is 11.8 Å². The van der Waals surface area contributed by atoms with E-state index in [1.165, 1.54) is 30.1 Å². The largest absolute Gasteiger partial charge is 0.368 e. The third kappa shape index (κ3) is 5.39. The number of carbonyl (C=O) groups is 3. The van der Waals surface area contributed by atoms with Gasteiger partial charge in [0.25, 0.3) is 11.8 Å². The number of aryl methyl sites for hydroxylation is 1. The molecule has 4 rings (SSSR count). The molecule has 0 fully saturated rings. The number of para-hydroxylation sites is 1. The number of amides is 3. The molecule has 0 radical (unpaired) electrons. The van der Waals surface area contributed by atoms with Gasteiger partial charge < -0.3 is 15.5 Å². The molecule has 2 heterocycles. The monoisotopic (exact) mass is 527 g/mol. The maximum absolute atomic E-state index is 15.4. The fourth-order valence-electron chi connectivity index (χ4n) is 4.10. The normalized spacial score (nSPS) is 15.7. The highest BCUT2D eigenvalue weighted by Crippen LogP contribution is 2.43. The molecular formula is C26H24ClF2N5O3. The molecule has 1 aliphatic rings. The first-order chi connectivity index (χ1) is 17.5. The van der Waals surface area contributed by atoms with E-state index in [9.17, 15) is 14.4 Å². The molecule has 3 aromatic rings. The van der Waals surface area contributed by atoms with Crippen molar-refractivity contribution in [1.82, 2.24) is 14.7 Å². The van der Waals surface area contributed by atoms with Gasteiger partial charge in [0.05, 0.1) is 34.2 Å². The molecule has 0 saturated heterocycles. The number of nitrogens with zero attached hydrogens (tertiary/aromatic N) is 4. The Balaban J connectivity index is 1.73. The molecule has 3 amide bonds. The minimum absolute atomic E-state index is 0.0268. The van der Waals surface area contributed by atoms with Gasteiger partial charge >= 0.3 is 0 Å². The van der Waals surface area contributed by atoms with E-state index in [0.717, 1.165) is 16.7 Å². The summed E-state index contributed by atoms with van der Waals surface area (Å²) in [5.41, 5.74) is 6.40. The molecule has 1 aliphatic heterocycles. The van der Waals surface area contributed by atoms with E-state index >= 15 is 8.78 Å². The predicted octanol–water partition coefficient (Wildman–Crippen LogP) is 3.85. The number of nitrogens with two attached hydrogens (primary N) is 1. The number of benzene rings is 2. The lowest BCUT2D eigenvalue weighted by molar-refractivity contribution is -0.129. The summed E-state index contributed by atoms with van der Waals surface area (Å²) >= 11 is 6.46. The lowest BCUT2D eigenvalue weighted by atomic mass is 9.96. The van der Waals surface area contributed by atoms with Crippen LogP contribution in [-0.4, -0.2) is 58.5 Å². The van der Waals surface area contributed by atoms with Crippen LogP contribution >= 0.6 is 11.6 Å². The number of carbonyl (C=O) groups excluding carboxylic acids is 3. The standard InChI is InChI=1S/C26H24ClF2N5O3/c1-16-9-11-34(31-16)17-7-8-19(21(27)13-17)25(37)33-12-10-26(28,29)20(18-5-3-4-6-22(18)33)14-24(36)32(2)15-23(30)35/h3-9,11,13-14H,10,12,15H2,1-2H3,(H2,30,35)/b20-14-. The van der Waals surface area contributed by atoms with E-state index in [0.29, 0.717) is 5.69 Å². The molecule has 0 saturated carbocycles. The van der Waals surface area contributed by atoms with Crippen LogP contribution in [0.15, 0.2) is 60.8 Å². The second-order valence-electron chi connectivity index (χ2n) is 8.71. The van der Waals surface area contributed by atoms with Crippen LogP contribution in [0.2, 0.25) is 5.02 Å². The van der Waals surface area contributed by atoms with Crippen molar-refractivity contribution in [3.05, 3.63) is 82.6 Å². The summed E-state index contributed by atoms with van der Waals surface area (Å²) in [6.45, 7) is 1.10. The van der Waals surface area contributed by atoms with E-state index < -0.39 is 42.2 Å². The Labute approximate surface area is 216 Å². The molecule has 192 valence electrons. The molecule has 0 spiro atoms. The van der Waals surface area contributed by atoms with Gasteiger partial charge in [0.1, 0.15) is 0 Å². The summed E-state index contributed by atoms with van der Waals surface area (Å²) in [6, 6.07) is 12.7. The molecule has 2 aromatic carbocycles. The average molecular weight is 528 g/mol. The highest BCUT2D eigenvalue weighted by molar-refractivity contribution is 6.34. The minimum Gasteiger partial charge on any atom is -0.368 e. The van der Waals surface area contributed by atoms with E-state index in [1.807, 2.05) is 13.0 Å². The van der Waals surface area contributed by atoms with Crippen LogP contribution in [0.4, 0.5) is 14.5 Å². The van der Waals surface area contributed by atoms with E-state index in [1.54, 1.807) is 35.1 Å². The van der Waals surface area contributed by atoms with Crippen LogP contribution in [-0.2, 0) is 9.59 Å². The van der Waals surface area contributed by atoms with Crippen LogP contribution in [0, 0.1) is 6.92 Å². The number of alkyl halides is 2. The fourth-order valence-corrected chi connectivity index (χ4v) is 4.36. The van der Waals surface area contributed by atoms with Gasteiger partial charge in [-0.25, -0.2) is 13.5 Å². The van der Waals surface area contributed by atoms with Gasteiger partial charge in [-0.05, 0) is 37.3 Å². The maximum atomic E-state index is 15.4. The van der Waals surface area contributed by atoms with Crippen molar-refractivity contribution in [1.29, 1.82) is 0 Å². The van der Waals surface area contributed by atoms with Crippen LogP contribution in [0.25, 0.3) is 11.3 Å². The molecule has 2 N–H and O–H groups in total. The van der Waals surface area contributed by atoms with Crippen molar-refractivity contribution in [2.24, 2.45) is 5.73 Å². The number of anilines is 1. The van der Waals surface area contributed by atoms with Crippen molar-refractivity contribution in [2.75, 3.05) is 25.0 Å². The van der Waals surface area contributed by atoms with Crippen LogP contribution in [0.1, 0.15) is 28.0 Å². The summed E-state index contributed by atoms with van der Waals surface area (Å²) in [4.78, 5) is 39.5. The van der Waals surface area contributed by atoms with Crippen LogP contribution in [0.5, 0.6) is 0 Å². The number of hydrogen-bond donors (Lipinski definition) is 1. The van der Waals surface area contributed by atoms with Crippen molar-refractivity contribution >= 4 is 40.6 Å². The summed E-state index contributed by atoms with van der Waals surface area (Å²) in [6.07, 6.45) is 1.82. The zero-order valence-corrected chi connectivity index (χ0v) is 20.9. The topological polar surface area (TPSA) is 102 Å². The molecule has 0 bridgehead atoms. The van der Waals surface area contributed by atoms with Gasteiger partial charge in [-0.3, -0.25) is 14.4 Å². The fraction of sp³-hybridized carbons (Fsp3) is 0.231. The quantitative estimate of drug-likeness (QED) is 0.509. The second-order valence-corrected chi connectivity index (χ2v) is 9.12. The zero-order chi connectivity index (χ0) is 26.9. The number of fused-ring (bicyclic) bond motifs is 1. The first kappa shape index (κ1) is 26.0. The lowest BCUT2D eigenvalue weighted by Gasteiger charge is -2.23. The Morgan fingerprint density at radius 1 is 1.19 bits per heavy atom. The van der Waals surface area contributed by atoms with Gasteiger partial charge in [0.15, 0.2) is 0 Å². The van der Waals surface area contributed by atoms with E-state index in [-0.39, 0.29) is 28.4 Å². The Kier molecular flexibility index (Phi) is 7.13. The molecular weight excluding hydrogens is 504 g/mol. The molecule has 0 unspecified atom stereocenters. The highest BCUT2D eigenvalue weighted by Gasteiger charge is 2.41. The first-order valence-corrected chi connectivity index (χ1v) is 11.7. The number of hydrogen-bond acceptors (Lipinski definition) is 4. The van der Waals surface area contributed by atoms with Gasteiger partial charge in [0, 0.05) is 43.4 Å². The Bertz CT molecular complexity index is 1420. The number of halogens is 3. The maximum Gasteiger partial charge on any atom is 0.275 e. The van der Waals surface area contributed by atoms with Gasteiger partial charge in [-0.1, -0.05) is 29.8 Å². The number of aromatic nitrogens is 2. The number of primary amides is 1. The smallest absolute Gasteiger partial charge is 0.275 e. The average Bonchev–Trinajstić information content (AvgIpc) is 3.24. The highest BCUT2D eigenvalue weighted by atomic mass is 35.5. The van der Waals surface area contributed by atoms with Crippen LogP contribution in [0.3, 0.4) is 0 Å². The number of allylic oxidation sites excluding steroid dienone is 1. The minimum atomic E-state index is -3.43. The summed E-state index contributed by atoms with van der Waals surface area (Å²) in [5, 5.41) is 4.46. The number of likely N-dealkylation sites (N-methyl/N-ethyl adjacent to an activating group) is 1. The van der Waals surface area contributed by atoms with Crippen molar-refractivity contribution in [3.63, 3.8) is 0 Å². The molecule has 0 atom stereocenters. The van der Waals surface area contributed by atoms with E-state index in [2.05, 4.69) is 5.10 Å². The second kappa shape index (κ2) is 10.1. The molecule has 11 heteroatoms. The Morgan fingerprint density at radius 3 is 2.57 bits per heavy atom. The van der Waals surface area contributed by atoms with Crippen LogP contribution < -0.4 is 10.6 Å². The molecule has 1 aromatic heterocycles. The molecule has 37 heavy (non-hydrogen) atoms. The van der Waals surface area contributed by atoms with Crippen molar-refractivity contribution < 1.29 is 23.2 Å². The molecule has 8 nitrogen and oxygen atoms in total. The lowest BCUT2D eigenvalue weighted by Crippen LogP contribution is -2.35.